The van der Waals surface area contributed by atoms with Crippen LogP contribution >= 0.6 is 11.6 Å². The number of halogens is 1. The molecule has 2 rings (SSSR count). The molecular weight excluding hydrogens is 184 g/mol. The molecule has 0 unspecified atom stereocenters. The van der Waals surface area contributed by atoms with E-state index in [9.17, 15) is 0 Å². The molecule has 0 spiro atoms. The molecule has 1 aromatic carbocycles. The van der Waals surface area contributed by atoms with Gasteiger partial charge in [0.05, 0.1) is 0 Å². The molecule has 1 aromatic rings. The van der Waals surface area contributed by atoms with Crippen LogP contribution in [0.4, 0.5) is 0 Å². The van der Waals surface area contributed by atoms with Gasteiger partial charge in [-0.15, -0.1) is 0 Å². The second kappa shape index (κ2) is 3.32. The van der Waals surface area contributed by atoms with Crippen LogP contribution < -0.4 is 0 Å². The molecule has 1 aliphatic carbocycles. The lowest BCUT2D eigenvalue weighted by Crippen LogP contribution is -2.08. The first kappa shape index (κ1) is 9.04. The standard InChI is InChI=1S/C11H13ClO/c12-10-3-1-9(2-4-10)11(5-6-11)7-8-13/h1-4,13H,5-8H2. The summed E-state index contributed by atoms with van der Waals surface area (Å²) in [5.74, 6) is 0. The van der Waals surface area contributed by atoms with Crippen LogP contribution in [0.1, 0.15) is 24.8 Å². The van der Waals surface area contributed by atoms with Gasteiger partial charge in [-0.3, -0.25) is 0 Å². The summed E-state index contributed by atoms with van der Waals surface area (Å²) in [6.45, 7) is 0.280. The first-order chi connectivity index (χ1) is 6.27. The molecule has 2 heteroatoms. The van der Waals surface area contributed by atoms with Gasteiger partial charge in [0.25, 0.3) is 0 Å². The SMILES string of the molecule is OCCC1(c2ccc(Cl)cc2)CC1. The van der Waals surface area contributed by atoms with E-state index in [0.717, 1.165) is 11.4 Å². The fourth-order valence-corrected chi connectivity index (χ4v) is 1.98. The smallest absolute Gasteiger partial charge is 0.0439 e. The van der Waals surface area contributed by atoms with E-state index < -0.39 is 0 Å². The van der Waals surface area contributed by atoms with Gasteiger partial charge in [0.15, 0.2) is 0 Å². The number of hydrogen-bond acceptors (Lipinski definition) is 1. The molecule has 70 valence electrons. The van der Waals surface area contributed by atoms with Crippen LogP contribution in [0.5, 0.6) is 0 Å². The Morgan fingerprint density at radius 1 is 1.23 bits per heavy atom. The largest absolute Gasteiger partial charge is 0.396 e. The number of aliphatic hydroxyl groups is 1. The molecule has 0 saturated heterocycles. The summed E-state index contributed by atoms with van der Waals surface area (Å²) in [6, 6.07) is 8.00. The van der Waals surface area contributed by atoms with E-state index in [1.807, 2.05) is 12.1 Å². The summed E-state index contributed by atoms with van der Waals surface area (Å²) in [5.41, 5.74) is 1.60. The summed E-state index contributed by atoms with van der Waals surface area (Å²) in [6.07, 6.45) is 3.29. The molecule has 1 saturated carbocycles. The predicted octanol–water partition coefficient (Wildman–Crippen LogP) is 2.75. The van der Waals surface area contributed by atoms with Crippen molar-refractivity contribution in [3.05, 3.63) is 34.9 Å². The average molecular weight is 197 g/mol. The molecule has 1 aliphatic rings. The molecule has 1 N–H and O–H groups in total. The Hall–Kier alpha value is -0.530. The Morgan fingerprint density at radius 2 is 1.85 bits per heavy atom. The summed E-state index contributed by atoms with van der Waals surface area (Å²) >= 11 is 5.81. The zero-order valence-electron chi connectivity index (χ0n) is 7.46. The quantitative estimate of drug-likeness (QED) is 0.788. The fourth-order valence-electron chi connectivity index (χ4n) is 1.85. The van der Waals surface area contributed by atoms with Gasteiger partial charge in [-0.05, 0) is 42.4 Å². The highest BCUT2D eigenvalue weighted by Gasteiger charge is 2.43. The number of benzene rings is 1. The van der Waals surface area contributed by atoms with Gasteiger partial charge in [-0.1, -0.05) is 23.7 Å². The molecule has 13 heavy (non-hydrogen) atoms. The third-order valence-corrected chi connectivity index (χ3v) is 3.15. The van der Waals surface area contributed by atoms with Crippen molar-refractivity contribution in [1.29, 1.82) is 0 Å². The van der Waals surface area contributed by atoms with Gasteiger partial charge in [-0.2, -0.15) is 0 Å². The van der Waals surface area contributed by atoms with Crippen molar-refractivity contribution in [1.82, 2.24) is 0 Å². The fraction of sp³-hybridized carbons (Fsp3) is 0.455. The van der Waals surface area contributed by atoms with Crippen molar-refractivity contribution >= 4 is 11.6 Å². The summed E-state index contributed by atoms with van der Waals surface area (Å²) < 4.78 is 0. The first-order valence-corrected chi connectivity index (χ1v) is 5.02. The second-order valence-corrected chi connectivity index (χ2v) is 4.20. The maximum Gasteiger partial charge on any atom is 0.0439 e. The van der Waals surface area contributed by atoms with Crippen molar-refractivity contribution in [2.24, 2.45) is 0 Å². The van der Waals surface area contributed by atoms with E-state index >= 15 is 0 Å². The van der Waals surface area contributed by atoms with Crippen LogP contribution in [0, 0.1) is 0 Å². The first-order valence-electron chi connectivity index (χ1n) is 4.64. The Labute approximate surface area is 83.3 Å². The van der Waals surface area contributed by atoms with E-state index in [1.54, 1.807) is 0 Å². The van der Waals surface area contributed by atoms with E-state index in [-0.39, 0.29) is 12.0 Å². The zero-order valence-corrected chi connectivity index (χ0v) is 8.22. The maximum atomic E-state index is 8.93. The van der Waals surface area contributed by atoms with Crippen molar-refractivity contribution < 1.29 is 5.11 Å². The highest BCUT2D eigenvalue weighted by Crippen LogP contribution is 2.50. The van der Waals surface area contributed by atoms with E-state index in [4.69, 9.17) is 16.7 Å². The lowest BCUT2D eigenvalue weighted by atomic mass is 9.93. The van der Waals surface area contributed by atoms with E-state index in [0.29, 0.717) is 0 Å². The lowest BCUT2D eigenvalue weighted by Gasteiger charge is -2.13. The van der Waals surface area contributed by atoms with Crippen molar-refractivity contribution in [3.8, 4) is 0 Å². The van der Waals surface area contributed by atoms with Crippen LogP contribution in [0.2, 0.25) is 5.02 Å². The van der Waals surface area contributed by atoms with Crippen molar-refractivity contribution in [3.63, 3.8) is 0 Å². The Kier molecular flexibility index (Phi) is 2.31. The maximum absolute atomic E-state index is 8.93. The molecule has 1 fully saturated rings. The van der Waals surface area contributed by atoms with Crippen LogP contribution in [0.3, 0.4) is 0 Å². The van der Waals surface area contributed by atoms with Gasteiger partial charge in [0.2, 0.25) is 0 Å². The van der Waals surface area contributed by atoms with Crippen LogP contribution in [-0.4, -0.2) is 11.7 Å². The Balaban J connectivity index is 2.20. The molecule has 0 aliphatic heterocycles. The molecule has 0 aromatic heterocycles. The highest BCUT2D eigenvalue weighted by molar-refractivity contribution is 6.30. The Morgan fingerprint density at radius 3 is 2.31 bits per heavy atom. The summed E-state index contributed by atoms with van der Waals surface area (Å²) in [4.78, 5) is 0. The van der Waals surface area contributed by atoms with Crippen molar-refractivity contribution in [2.75, 3.05) is 6.61 Å². The van der Waals surface area contributed by atoms with Gasteiger partial charge in [-0.25, -0.2) is 0 Å². The minimum Gasteiger partial charge on any atom is -0.396 e. The molecule has 0 atom stereocenters. The molecule has 0 amide bonds. The second-order valence-electron chi connectivity index (χ2n) is 3.76. The van der Waals surface area contributed by atoms with Gasteiger partial charge < -0.3 is 5.11 Å². The third kappa shape index (κ3) is 1.72. The van der Waals surface area contributed by atoms with Crippen molar-refractivity contribution in [2.45, 2.75) is 24.7 Å². The van der Waals surface area contributed by atoms with E-state index in [2.05, 4.69) is 12.1 Å². The topological polar surface area (TPSA) is 20.2 Å². The van der Waals surface area contributed by atoms with E-state index in [1.165, 1.54) is 18.4 Å². The highest BCUT2D eigenvalue weighted by atomic mass is 35.5. The summed E-state index contributed by atoms with van der Waals surface area (Å²) in [5, 5.41) is 9.71. The van der Waals surface area contributed by atoms with Crippen LogP contribution in [0.15, 0.2) is 24.3 Å². The number of hydrogen-bond donors (Lipinski definition) is 1. The number of rotatable bonds is 3. The molecule has 0 heterocycles. The summed E-state index contributed by atoms with van der Waals surface area (Å²) in [7, 11) is 0. The molecule has 1 nitrogen and oxygen atoms in total. The minimum atomic E-state index is 0.277. The van der Waals surface area contributed by atoms with Crippen LogP contribution in [-0.2, 0) is 5.41 Å². The van der Waals surface area contributed by atoms with Gasteiger partial charge in [0.1, 0.15) is 0 Å². The molecular formula is C11H13ClO. The van der Waals surface area contributed by atoms with Crippen LogP contribution in [0.25, 0.3) is 0 Å². The average Bonchev–Trinajstić information content (AvgIpc) is 2.87. The third-order valence-electron chi connectivity index (χ3n) is 2.90. The molecule has 0 radical (unpaired) electrons. The lowest BCUT2D eigenvalue weighted by molar-refractivity contribution is 0.271. The predicted molar refractivity (Wildman–Crippen MR) is 54.1 cm³/mol. The van der Waals surface area contributed by atoms with Gasteiger partial charge in [0, 0.05) is 11.6 Å². The zero-order chi connectivity index (χ0) is 9.31. The Bertz CT molecular complexity index is 287. The van der Waals surface area contributed by atoms with Gasteiger partial charge >= 0.3 is 0 Å². The molecule has 0 bridgehead atoms. The minimum absolute atomic E-state index is 0.277. The normalized spacial score (nSPS) is 18.6. The number of aliphatic hydroxyl groups excluding tert-OH is 1. The monoisotopic (exact) mass is 196 g/mol.